The maximum Gasteiger partial charge on any atom is 1.00 e. The number of carbonyl (C=O) groups is 1. The predicted molar refractivity (Wildman–Crippen MR) is 63.9 cm³/mol. The summed E-state index contributed by atoms with van der Waals surface area (Å²) < 4.78 is 117. The van der Waals surface area contributed by atoms with Crippen molar-refractivity contribution in [3.63, 3.8) is 0 Å². The summed E-state index contributed by atoms with van der Waals surface area (Å²) in [5.74, 6) is 0. The van der Waals surface area contributed by atoms with Gasteiger partial charge in [0.05, 0.1) is 0 Å². The molecule has 23 heavy (non-hydrogen) atoms. The minimum absolute atomic E-state index is 0. The quantitative estimate of drug-likeness (QED) is 0.346. The van der Waals surface area contributed by atoms with Crippen molar-refractivity contribution in [2.24, 2.45) is 5.41 Å². The summed E-state index contributed by atoms with van der Waals surface area (Å²) in [6.45, 7) is 5.62. The molecule has 142 valence electrons. The number of aldehydes is 1. The molecule has 0 aromatic carbocycles. The van der Waals surface area contributed by atoms with Crippen LogP contribution >= 0.6 is 0 Å². The fourth-order valence-electron chi connectivity index (χ4n) is 0. The molecule has 0 N–H and O–H groups in total. The molecule has 0 spiro atoms. The second kappa shape index (κ2) is 16.1. The van der Waals surface area contributed by atoms with E-state index in [9.17, 15) is 56.6 Å². The first kappa shape index (κ1) is 39.0. The van der Waals surface area contributed by atoms with Crippen LogP contribution in [0.2, 0.25) is 0 Å². The zero-order chi connectivity index (χ0) is 18.7. The first-order valence-corrected chi connectivity index (χ1v) is 4.64. The zero-order valence-corrected chi connectivity index (χ0v) is 14.9. The first-order valence-electron chi connectivity index (χ1n) is 4.64. The van der Waals surface area contributed by atoms with Crippen LogP contribution < -0.4 is 51.4 Å². The molecule has 0 aliphatic carbocycles. The van der Waals surface area contributed by atoms with Gasteiger partial charge in [0, 0.05) is 5.41 Å². The van der Waals surface area contributed by atoms with E-state index in [0.29, 0.717) is 0 Å². The van der Waals surface area contributed by atoms with E-state index in [1.54, 1.807) is 0 Å². The summed E-state index contributed by atoms with van der Waals surface area (Å²) in [7, 11) is -18.0. The van der Waals surface area contributed by atoms with Gasteiger partial charge < -0.3 is 58.0 Å². The van der Waals surface area contributed by atoms with Gasteiger partial charge in [-0.15, -0.1) is 0 Å². The van der Waals surface area contributed by atoms with Crippen LogP contribution in [0, 0.1) is 5.41 Å². The molecule has 0 heterocycles. The summed E-state index contributed by atoms with van der Waals surface area (Å²) in [5, 5.41) is 0. The topological polar surface area (TPSA) is 17.1 Å². The van der Waals surface area contributed by atoms with Crippen LogP contribution in [0.1, 0.15) is 29.6 Å². The molecule has 17 heteroatoms. The molecule has 0 atom stereocenters. The van der Waals surface area contributed by atoms with Gasteiger partial charge in [0.15, 0.2) is 0 Å². The summed E-state index contributed by atoms with van der Waals surface area (Å²) in [6, 6.07) is 0. The molecule has 0 aliphatic heterocycles. The maximum atomic E-state index is 9.83. The van der Waals surface area contributed by atoms with E-state index in [2.05, 4.69) is 0 Å². The van der Waals surface area contributed by atoms with Gasteiger partial charge in [-0.3, -0.25) is 0 Å². The van der Waals surface area contributed by atoms with Crippen molar-refractivity contribution in [1.29, 1.82) is 0 Å². The van der Waals surface area contributed by atoms with Gasteiger partial charge in [-0.1, -0.05) is 28.2 Å². The Morgan fingerprint density at radius 3 is 0.696 bits per heavy atom. The van der Waals surface area contributed by atoms with Crippen molar-refractivity contribution in [3.8, 4) is 0 Å². The summed E-state index contributed by atoms with van der Waals surface area (Å²) in [4.78, 5) is 9.83. The van der Waals surface area contributed by atoms with Crippen molar-refractivity contribution >= 4 is 28.0 Å². The molecule has 0 radical (unpaired) electrons. The van der Waals surface area contributed by atoms with Crippen LogP contribution in [0.5, 0.6) is 0 Å². The van der Waals surface area contributed by atoms with Crippen LogP contribution in [0.4, 0.5) is 51.8 Å². The summed E-state index contributed by atoms with van der Waals surface area (Å²) in [6.07, 6.45) is 0.938. The maximum absolute atomic E-state index is 9.83. The Kier molecular flexibility index (Phi) is 27.3. The molecule has 0 saturated heterocycles. The van der Waals surface area contributed by atoms with Gasteiger partial charge in [-0.25, -0.2) is 0 Å². The van der Waals surface area contributed by atoms with Gasteiger partial charge >= 0.3 is 73.1 Å². The summed E-state index contributed by atoms with van der Waals surface area (Å²) in [5.41, 5.74) is -0.139. The molecule has 0 aromatic rings. The van der Waals surface area contributed by atoms with Gasteiger partial charge in [0.1, 0.15) is 6.29 Å². The second-order valence-electron chi connectivity index (χ2n) is 3.97. The fraction of sp³-hybridized carbons (Fsp3) is 0.833. The van der Waals surface area contributed by atoms with E-state index in [-0.39, 0.29) is 65.7 Å². The van der Waals surface area contributed by atoms with E-state index < -0.39 is 21.8 Å². The van der Waals surface area contributed by atoms with E-state index in [0.717, 1.165) is 6.29 Å². The van der Waals surface area contributed by atoms with Crippen molar-refractivity contribution in [2.75, 3.05) is 0 Å². The minimum Gasteiger partial charge on any atom is -1.00 e. The molecule has 0 bridgehead atoms. The summed E-state index contributed by atoms with van der Waals surface area (Å²) >= 11 is 0. The average molecular weight is 403 g/mol. The Balaban J connectivity index is -0.0000000309. The van der Waals surface area contributed by atoms with Crippen LogP contribution in [0.15, 0.2) is 0 Å². The average Bonchev–Trinajstić information content (AvgIpc) is 1.91. The molecule has 1 nitrogen and oxygen atoms in total. The van der Waals surface area contributed by atoms with E-state index in [1.165, 1.54) is 0 Å². The molecule has 0 aliphatic rings. The number of hydrogen-bond donors (Lipinski definition) is 0. The third-order valence-corrected chi connectivity index (χ3v) is 0.354. The van der Waals surface area contributed by atoms with Crippen LogP contribution in [-0.2, 0) is 4.79 Å². The molecular weight excluding hydrogens is 388 g/mol. The monoisotopic (exact) mass is 403 g/mol. The smallest absolute Gasteiger partial charge is 1.00 e. The Hall–Kier alpha value is 0.661. The first-order chi connectivity index (χ1) is 8.56. The van der Waals surface area contributed by atoms with Crippen LogP contribution in [0.3, 0.4) is 0 Å². The molecule has 0 saturated carbocycles. The second-order valence-corrected chi connectivity index (χ2v) is 3.97. The predicted octanol–water partition coefficient (Wildman–Crippen LogP) is 2.88. The minimum atomic E-state index is -6.00. The van der Waals surface area contributed by atoms with E-state index in [4.69, 9.17) is 0 Å². The normalized spacial score (nSPS) is 10.7. The van der Waals surface area contributed by atoms with E-state index in [1.807, 2.05) is 20.8 Å². The van der Waals surface area contributed by atoms with Crippen molar-refractivity contribution in [3.05, 3.63) is 0 Å². The third kappa shape index (κ3) is 722. The van der Waals surface area contributed by atoms with Gasteiger partial charge in [-0.2, -0.15) is 0 Å². The van der Waals surface area contributed by atoms with Crippen molar-refractivity contribution in [1.82, 2.24) is 0 Å². The molecule has 0 unspecified atom stereocenters. The fourth-order valence-corrected chi connectivity index (χ4v) is 0. The molecule has 0 amide bonds. The number of halogens is 12. The SMILES string of the molecule is C.CC(C)(C)C=O.F[B-](F)(F)F.F[B-](F)(F)F.F[B-](F)(F)F.[H-].[K+]. The van der Waals surface area contributed by atoms with Crippen LogP contribution in [0.25, 0.3) is 0 Å². The Labute approximate surface area is 170 Å². The zero-order valence-electron chi connectivity index (χ0n) is 12.8. The molecule has 0 rings (SSSR count). The van der Waals surface area contributed by atoms with Gasteiger partial charge in [0.2, 0.25) is 0 Å². The van der Waals surface area contributed by atoms with Gasteiger partial charge in [-0.05, 0) is 0 Å². The number of rotatable bonds is 0. The number of hydrogen-bond acceptors (Lipinski definition) is 1. The Bertz CT molecular complexity index is 217. The third-order valence-electron chi connectivity index (χ3n) is 0.354. The van der Waals surface area contributed by atoms with E-state index >= 15 is 0 Å². The Morgan fingerprint density at radius 1 is 0.652 bits per heavy atom. The largest absolute Gasteiger partial charge is 1.00 e. The Morgan fingerprint density at radius 2 is 0.696 bits per heavy atom. The van der Waals surface area contributed by atoms with Gasteiger partial charge in [0.25, 0.3) is 0 Å². The van der Waals surface area contributed by atoms with Crippen molar-refractivity contribution < 1.29 is 109 Å². The standard InChI is InChI=1S/C5H10O.CH4.3BF4.K.H/c1-5(2,3)4-6;;3*2-1(3,4)5;;/h4H,1-3H3;1H4;;;;;/q;;3*-1;+1;-1. The van der Waals surface area contributed by atoms with Crippen LogP contribution in [-0.4, -0.2) is 28.0 Å². The molecule has 0 fully saturated rings. The molecule has 0 aromatic heterocycles. The molecular formula is C6H15B3F12KO-3. The number of carbonyl (C=O) groups excluding carboxylic acids is 1. The van der Waals surface area contributed by atoms with Crippen molar-refractivity contribution in [2.45, 2.75) is 28.2 Å².